The van der Waals surface area contributed by atoms with Crippen LogP contribution in [0.15, 0.2) is 53.5 Å². The van der Waals surface area contributed by atoms with Gasteiger partial charge in [-0.3, -0.25) is 14.6 Å². The van der Waals surface area contributed by atoms with Crippen molar-refractivity contribution in [1.82, 2.24) is 19.4 Å². The van der Waals surface area contributed by atoms with Crippen molar-refractivity contribution in [3.63, 3.8) is 0 Å². The van der Waals surface area contributed by atoms with Crippen molar-refractivity contribution in [3.05, 3.63) is 64.7 Å². The zero-order valence-corrected chi connectivity index (χ0v) is 17.3. The summed E-state index contributed by atoms with van der Waals surface area (Å²) in [7, 11) is 1.77. The van der Waals surface area contributed by atoms with Gasteiger partial charge in [0, 0.05) is 39.3 Å². The van der Waals surface area contributed by atoms with Crippen molar-refractivity contribution in [3.8, 4) is 0 Å². The Kier molecular flexibility index (Phi) is 6.07. The third-order valence-electron chi connectivity index (χ3n) is 5.59. The third kappa shape index (κ3) is 4.35. The van der Waals surface area contributed by atoms with Crippen LogP contribution in [0.25, 0.3) is 11.0 Å². The van der Waals surface area contributed by atoms with Gasteiger partial charge in [-0.1, -0.05) is 18.2 Å². The minimum atomic E-state index is -0.115. The van der Waals surface area contributed by atoms with Crippen LogP contribution >= 0.6 is 0 Å². The molecule has 1 amide bonds. The van der Waals surface area contributed by atoms with E-state index in [1.54, 1.807) is 22.7 Å². The van der Waals surface area contributed by atoms with E-state index >= 15 is 0 Å². The van der Waals surface area contributed by atoms with Crippen LogP contribution in [0, 0.1) is 0 Å². The van der Waals surface area contributed by atoms with Gasteiger partial charge in [0.2, 0.25) is 5.91 Å². The lowest BCUT2D eigenvalue weighted by atomic mass is 10.1. The third-order valence-corrected chi connectivity index (χ3v) is 5.59. The Morgan fingerprint density at radius 1 is 1.07 bits per heavy atom. The number of para-hydroxylation sites is 2. The minimum absolute atomic E-state index is 0.0204. The number of carbonyl (C=O) groups excluding carboxylic acids is 1. The van der Waals surface area contributed by atoms with E-state index in [1.807, 2.05) is 42.5 Å². The van der Waals surface area contributed by atoms with Crippen LogP contribution in [0.2, 0.25) is 0 Å². The first kappa shape index (κ1) is 20.1. The molecule has 1 saturated heterocycles. The first-order chi connectivity index (χ1) is 14.6. The smallest absolute Gasteiger partial charge is 0.294 e. The maximum Gasteiger partial charge on any atom is 0.294 e. The van der Waals surface area contributed by atoms with Gasteiger partial charge in [0.25, 0.3) is 5.56 Å². The maximum atomic E-state index is 13.3. The quantitative estimate of drug-likeness (QED) is 0.631. The van der Waals surface area contributed by atoms with Crippen molar-refractivity contribution < 1.29 is 4.79 Å². The van der Waals surface area contributed by atoms with Crippen LogP contribution in [0.3, 0.4) is 0 Å². The molecule has 0 radical (unpaired) electrons. The molecule has 30 heavy (non-hydrogen) atoms. The summed E-state index contributed by atoms with van der Waals surface area (Å²) in [6, 6.07) is 13.3. The number of amides is 1. The largest absolute Gasteiger partial charge is 0.352 e. The Bertz CT molecular complexity index is 1070. The number of pyridine rings is 1. The van der Waals surface area contributed by atoms with Gasteiger partial charge >= 0.3 is 0 Å². The fourth-order valence-electron chi connectivity index (χ4n) is 3.93. The van der Waals surface area contributed by atoms with Crippen LogP contribution in [0.5, 0.6) is 0 Å². The van der Waals surface area contributed by atoms with Crippen molar-refractivity contribution in [1.29, 1.82) is 0 Å². The van der Waals surface area contributed by atoms with E-state index in [-0.39, 0.29) is 17.9 Å². The minimum Gasteiger partial charge on any atom is -0.352 e. The molecule has 1 fully saturated rings. The Labute approximate surface area is 176 Å². The second-order valence-electron chi connectivity index (χ2n) is 7.75. The van der Waals surface area contributed by atoms with E-state index in [1.165, 1.54) is 6.42 Å². The molecule has 0 saturated carbocycles. The molecule has 4 rings (SSSR count). The molecule has 0 spiro atoms. The summed E-state index contributed by atoms with van der Waals surface area (Å²) in [6.07, 6.45) is 5.31. The monoisotopic (exact) mass is 405 g/mol. The predicted octanol–water partition coefficient (Wildman–Crippen LogP) is 2.83. The normalized spacial score (nSPS) is 14.1. The van der Waals surface area contributed by atoms with Gasteiger partial charge in [-0.15, -0.1) is 0 Å². The summed E-state index contributed by atoms with van der Waals surface area (Å²) in [5.74, 6) is 0.482. The topological polar surface area (TPSA) is 71.3 Å². The highest BCUT2D eigenvalue weighted by atomic mass is 16.2. The van der Waals surface area contributed by atoms with Crippen molar-refractivity contribution in [2.24, 2.45) is 0 Å². The number of piperidine rings is 1. The molecule has 2 aromatic heterocycles. The van der Waals surface area contributed by atoms with Gasteiger partial charge in [0.1, 0.15) is 0 Å². The van der Waals surface area contributed by atoms with E-state index < -0.39 is 0 Å². The standard InChI is InChI=1S/C23H27N5O2/c1-26(17-18-9-5-6-13-24-18)21(29)12-16-28-20-11-4-3-10-19(20)25-22(23(28)30)27-14-7-2-8-15-27/h3-6,9-11,13H,2,7-8,12,14-17H2,1H3. The van der Waals surface area contributed by atoms with Gasteiger partial charge in [0.05, 0.1) is 23.3 Å². The highest BCUT2D eigenvalue weighted by molar-refractivity contribution is 5.78. The molecule has 1 aliphatic heterocycles. The summed E-state index contributed by atoms with van der Waals surface area (Å²) in [5, 5.41) is 0. The van der Waals surface area contributed by atoms with Crippen LogP contribution in [-0.2, 0) is 17.9 Å². The predicted molar refractivity (Wildman–Crippen MR) is 117 cm³/mol. The van der Waals surface area contributed by atoms with Crippen molar-refractivity contribution in [2.75, 3.05) is 25.0 Å². The lowest BCUT2D eigenvalue weighted by molar-refractivity contribution is -0.130. The molecule has 3 heterocycles. The Morgan fingerprint density at radius 3 is 2.60 bits per heavy atom. The van der Waals surface area contributed by atoms with Gasteiger partial charge in [0.15, 0.2) is 5.82 Å². The molecule has 1 aliphatic rings. The summed E-state index contributed by atoms with van der Waals surface area (Å²) < 4.78 is 1.71. The number of hydrogen-bond acceptors (Lipinski definition) is 5. The summed E-state index contributed by atoms with van der Waals surface area (Å²) in [6.45, 7) is 2.48. The van der Waals surface area contributed by atoms with Crippen LogP contribution in [-0.4, -0.2) is 45.5 Å². The van der Waals surface area contributed by atoms with E-state index in [2.05, 4.69) is 14.9 Å². The second-order valence-corrected chi connectivity index (χ2v) is 7.75. The van der Waals surface area contributed by atoms with E-state index in [0.717, 1.165) is 42.7 Å². The molecular weight excluding hydrogens is 378 g/mol. The number of nitrogens with zero attached hydrogens (tertiary/aromatic N) is 5. The number of carbonyl (C=O) groups is 1. The fourth-order valence-corrected chi connectivity index (χ4v) is 3.93. The summed E-state index contributed by atoms with van der Waals surface area (Å²) in [4.78, 5) is 38.7. The Morgan fingerprint density at radius 2 is 1.83 bits per heavy atom. The fraction of sp³-hybridized carbons (Fsp3) is 0.391. The highest BCUT2D eigenvalue weighted by Gasteiger charge is 2.20. The number of fused-ring (bicyclic) bond motifs is 1. The number of hydrogen-bond donors (Lipinski definition) is 0. The molecule has 3 aromatic rings. The Hall–Kier alpha value is -3.22. The first-order valence-corrected chi connectivity index (χ1v) is 10.5. The zero-order chi connectivity index (χ0) is 20.9. The van der Waals surface area contributed by atoms with Gasteiger partial charge in [-0.2, -0.15) is 0 Å². The van der Waals surface area contributed by atoms with Gasteiger partial charge < -0.3 is 14.4 Å². The molecule has 7 nitrogen and oxygen atoms in total. The summed E-state index contributed by atoms with van der Waals surface area (Å²) >= 11 is 0. The number of rotatable bonds is 6. The van der Waals surface area contributed by atoms with Crippen LogP contribution < -0.4 is 10.5 Å². The van der Waals surface area contributed by atoms with E-state index in [9.17, 15) is 9.59 Å². The van der Waals surface area contributed by atoms with E-state index in [0.29, 0.717) is 18.9 Å². The molecule has 7 heteroatoms. The van der Waals surface area contributed by atoms with E-state index in [4.69, 9.17) is 0 Å². The molecule has 0 aliphatic carbocycles. The number of aromatic nitrogens is 3. The molecule has 0 bridgehead atoms. The number of anilines is 1. The average molecular weight is 406 g/mol. The first-order valence-electron chi connectivity index (χ1n) is 10.5. The number of aryl methyl sites for hydroxylation is 1. The Balaban J connectivity index is 1.56. The molecule has 156 valence electrons. The molecule has 0 unspecified atom stereocenters. The van der Waals surface area contributed by atoms with Gasteiger partial charge in [-0.25, -0.2) is 4.98 Å². The van der Waals surface area contributed by atoms with Crippen molar-refractivity contribution in [2.45, 2.75) is 38.8 Å². The zero-order valence-electron chi connectivity index (χ0n) is 17.3. The summed E-state index contributed by atoms with van der Waals surface area (Å²) in [5.41, 5.74) is 2.28. The lowest BCUT2D eigenvalue weighted by Crippen LogP contribution is -2.37. The van der Waals surface area contributed by atoms with Gasteiger partial charge in [-0.05, 0) is 43.5 Å². The number of benzene rings is 1. The SMILES string of the molecule is CN(Cc1ccccn1)C(=O)CCn1c(=O)c(N2CCCCC2)nc2ccccc21. The molecular formula is C23H27N5O2. The lowest BCUT2D eigenvalue weighted by Gasteiger charge is -2.28. The van der Waals surface area contributed by atoms with Crippen molar-refractivity contribution >= 4 is 22.8 Å². The molecule has 0 atom stereocenters. The molecule has 1 aromatic carbocycles. The van der Waals surface area contributed by atoms with Crippen LogP contribution in [0.4, 0.5) is 5.82 Å². The molecule has 0 N–H and O–H groups in total. The maximum absolute atomic E-state index is 13.3. The highest BCUT2D eigenvalue weighted by Crippen LogP contribution is 2.18. The average Bonchev–Trinajstić information content (AvgIpc) is 2.79. The second kappa shape index (κ2) is 9.07. The van der Waals surface area contributed by atoms with Crippen LogP contribution in [0.1, 0.15) is 31.4 Å².